The Hall–Kier alpha value is -0.950. The predicted molar refractivity (Wildman–Crippen MR) is 88.0 cm³/mol. The van der Waals surface area contributed by atoms with Gasteiger partial charge >= 0.3 is 0 Å². The van der Waals surface area contributed by atoms with Crippen LogP contribution in [0.2, 0.25) is 10.0 Å². The van der Waals surface area contributed by atoms with Gasteiger partial charge in [-0.2, -0.15) is 0 Å². The van der Waals surface area contributed by atoms with Gasteiger partial charge in [-0.25, -0.2) is 0 Å². The summed E-state index contributed by atoms with van der Waals surface area (Å²) in [6, 6.07) is 5.23. The van der Waals surface area contributed by atoms with Crippen molar-refractivity contribution in [3.63, 3.8) is 0 Å². The highest BCUT2D eigenvalue weighted by atomic mass is 35.5. The molecule has 5 heteroatoms. The Morgan fingerprint density at radius 3 is 2.42 bits per heavy atom. The van der Waals surface area contributed by atoms with Crippen molar-refractivity contribution in [2.24, 2.45) is 0 Å². The summed E-state index contributed by atoms with van der Waals surface area (Å²) in [5.74, 6) is 2.77. The minimum atomic E-state index is -0.416. The lowest BCUT2D eigenvalue weighted by atomic mass is 9.94. The number of terminal acetylenes is 1. The zero-order valence-electron chi connectivity index (χ0n) is 10.9. The van der Waals surface area contributed by atoms with Gasteiger partial charge in [-0.05, 0) is 43.3 Å². The van der Waals surface area contributed by atoms with Crippen LogP contribution in [-0.4, -0.2) is 10.7 Å². The molecule has 0 atom stereocenters. The highest BCUT2D eigenvalue weighted by Gasteiger charge is 2.23. The lowest BCUT2D eigenvalue weighted by molar-refractivity contribution is 0.461. The van der Waals surface area contributed by atoms with Crippen LogP contribution in [0.4, 0.5) is 5.69 Å². The predicted octanol–water partition coefficient (Wildman–Crippen LogP) is 4.47. The summed E-state index contributed by atoms with van der Waals surface area (Å²) in [5, 5.41) is 7.67. The molecule has 1 aromatic rings. The Morgan fingerprint density at radius 2 is 1.95 bits per heavy atom. The molecule has 0 aliphatic rings. The lowest BCUT2D eigenvalue weighted by Gasteiger charge is -2.28. The fourth-order valence-electron chi connectivity index (χ4n) is 1.62. The highest BCUT2D eigenvalue weighted by molar-refractivity contribution is 7.80. The van der Waals surface area contributed by atoms with Gasteiger partial charge in [0.05, 0.1) is 15.6 Å². The number of anilines is 1. The number of nitrogens with one attached hydrogen (secondary N) is 2. The van der Waals surface area contributed by atoms with Crippen molar-refractivity contribution in [2.75, 3.05) is 5.32 Å². The summed E-state index contributed by atoms with van der Waals surface area (Å²) in [7, 11) is 0. The van der Waals surface area contributed by atoms with Crippen LogP contribution in [0, 0.1) is 12.3 Å². The van der Waals surface area contributed by atoms with Crippen molar-refractivity contribution in [3.05, 3.63) is 28.2 Å². The zero-order valence-corrected chi connectivity index (χ0v) is 13.2. The van der Waals surface area contributed by atoms with E-state index in [0.29, 0.717) is 15.2 Å². The summed E-state index contributed by atoms with van der Waals surface area (Å²) >= 11 is 17.1. The van der Waals surface area contributed by atoms with Gasteiger partial charge in [-0.1, -0.05) is 43.0 Å². The van der Waals surface area contributed by atoms with E-state index in [9.17, 15) is 0 Å². The molecule has 0 aliphatic carbocycles. The summed E-state index contributed by atoms with van der Waals surface area (Å²) in [6.07, 6.45) is 7.17. The maximum absolute atomic E-state index is 5.94. The summed E-state index contributed by atoms with van der Waals surface area (Å²) in [5.41, 5.74) is 0.352. The molecule has 0 aliphatic heterocycles. The average molecular weight is 315 g/mol. The largest absolute Gasteiger partial charge is 0.346 e. The molecule has 0 aromatic heterocycles. The quantitative estimate of drug-likeness (QED) is 0.633. The van der Waals surface area contributed by atoms with Gasteiger partial charge in [-0.3, -0.25) is 0 Å². The molecule has 0 unspecified atom stereocenters. The number of thiocarbonyl (C=S) groups is 1. The molecule has 0 amide bonds. The minimum absolute atomic E-state index is 0.416. The van der Waals surface area contributed by atoms with Gasteiger partial charge in [0.2, 0.25) is 0 Å². The molecule has 0 saturated heterocycles. The molecule has 1 rings (SSSR count). The Labute approximate surface area is 129 Å². The maximum Gasteiger partial charge on any atom is 0.171 e. The van der Waals surface area contributed by atoms with Crippen LogP contribution in [-0.2, 0) is 0 Å². The van der Waals surface area contributed by atoms with E-state index < -0.39 is 5.54 Å². The number of hydrogen-bond acceptors (Lipinski definition) is 1. The van der Waals surface area contributed by atoms with Gasteiger partial charge in [0.15, 0.2) is 5.11 Å². The fraction of sp³-hybridized carbons (Fsp3) is 0.357. The van der Waals surface area contributed by atoms with Crippen molar-refractivity contribution in [1.82, 2.24) is 5.32 Å². The lowest BCUT2D eigenvalue weighted by Crippen LogP contribution is -2.48. The van der Waals surface area contributed by atoms with Crippen molar-refractivity contribution in [2.45, 2.75) is 32.2 Å². The molecule has 19 heavy (non-hydrogen) atoms. The molecule has 102 valence electrons. The third kappa shape index (κ3) is 4.28. The Balaban J connectivity index is 2.75. The molecule has 0 saturated carbocycles. The van der Waals surface area contributed by atoms with Crippen molar-refractivity contribution in [3.8, 4) is 12.3 Å². The van der Waals surface area contributed by atoms with Crippen LogP contribution in [0.25, 0.3) is 0 Å². The zero-order chi connectivity index (χ0) is 14.5. The number of benzene rings is 1. The summed E-state index contributed by atoms with van der Waals surface area (Å²) < 4.78 is 0. The van der Waals surface area contributed by atoms with Crippen LogP contribution in [0.5, 0.6) is 0 Å². The Kier molecular flexibility index (Phi) is 5.93. The van der Waals surface area contributed by atoms with Crippen molar-refractivity contribution >= 4 is 46.2 Å². The monoisotopic (exact) mass is 314 g/mol. The van der Waals surface area contributed by atoms with Gasteiger partial charge in [0.1, 0.15) is 0 Å². The maximum atomic E-state index is 5.94. The molecule has 0 radical (unpaired) electrons. The highest BCUT2D eigenvalue weighted by Crippen LogP contribution is 2.25. The fourth-order valence-corrected chi connectivity index (χ4v) is 2.23. The number of rotatable bonds is 4. The van der Waals surface area contributed by atoms with Crippen LogP contribution in [0.3, 0.4) is 0 Å². The molecule has 0 bridgehead atoms. The van der Waals surface area contributed by atoms with E-state index >= 15 is 0 Å². The normalized spacial score (nSPS) is 10.7. The first kappa shape index (κ1) is 16.1. The van der Waals surface area contributed by atoms with E-state index in [2.05, 4.69) is 16.6 Å². The van der Waals surface area contributed by atoms with Crippen LogP contribution in [0.15, 0.2) is 18.2 Å². The molecule has 2 nitrogen and oxygen atoms in total. The summed E-state index contributed by atoms with van der Waals surface area (Å²) in [6.45, 7) is 4.05. The first-order valence-corrected chi connectivity index (χ1v) is 7.14. The van der Waals surface area contributed by atoms with Gasteiger partial charge in [-0.15, -0.1) is 6.42 Å². The van der Waals surface area contributed by atoms with Crippen LogP contribution < -0.4 is 10.6 Å². The third-order valence-corrected chi connectivity index (χ3v) is 3.96. The molecular formula is C14H16Cl2N2S. The van der Waals surface area contributed by atoms with E-state index in [-0.39, 0.29) is 0 Å². The van der Waals surface area contributed by atoms with E-state index in [1.54, 1.807) is 18.2 Å². The van der Waals surface area contributed by atoms with Crippen LogP contribution in [0.1, 0.15) is 26.7 Å². The first-order valence-electron chi connectivity index (χ1n) is 5.98. The Morgan fingerprint density at radius 1 is 1.32 bits per heavy atom. The smallest absolute Gasteiger partial charge is 0.171 e. The first-order chi connectivity index (χ1) is 8.96. The molecule has 1 aromatic carbocycles. The van der Waals surface area contributed by atoms with E-state index in [1.165, 1.54) is 0 Å². The average Bonchev–Trinajstić information content (AvgIpc) is 2.40. The second-order valence-electron chi connectivity index (χ2n) is 4.14. The summed E-state index contributed by atoms with van der Waals surface area (Å²) in [4.78, 5) is 0. The topological polar surface area (TPSA) is 24.1 Å². The molecule has 2 N–H and O–H groups in total. The van der Waals surface area contributed by atoms with Crippen molar-refractivity contribution < 1.29 is 0 Å². The Bertz CT molecular complexity index is 505. The second-order valence-corrected chi connectivity index (χ2v) is 5.36. The second kappa shape index (κ2) is 7.00. The van der Waals surface area contributed by atoms with Gasteiger partial charge in [0, 0.05) is 5.69 Å². The standard InChI is InChI=1S/C14H16Cl2N2S/c1-4-14(5-2,6-3)18-13(19)17-10-7-8-11(15)12(16)9-10/h1,7-9H,5-6H2,2-3H3,(H2,17,18,19). The molecule has 0 spiro atoms. The van der Waals surface area contributed by atoms with Gasteiger partial charge < -0.3 is 10.6 Å². The third-order valence-electron chi connectivity index (χ3n) is 3.01. The minimum Gasteiger partial charge on any atom is -0.346 e. The van der Waals surface area contributed by atoms with E-state index in [4.69, 9.17) is 41.8 Å². The number of hydrogen-bond donors (Lipinski definition) is 2. The van der Waals surface area contributed by atoms with E-state index in [0.717, 1.165) is 18.5 Å². The van der Waals surface area contributed by atoms with Crippen LogP contribution >= 0.6 is 35.4 Å². The van der Waals surface area contributed by atoms with E-state index in [1.807, 2.05) is 13.8 Å². The molecule has 0 fully saturated rings. The number of halogens is 2. The SMILES string of the molecule is C#CC(CC)(CC)NC(=S)Nc1ccc(Cl)c(Cl)c1. The molecular weight excluding hydrogens is 299 g/mol. The van der Waals surface area contributed by atoms with Gasteiger partial charge in [0.25, 0.3) is 0 Å². The van der Waals surface area contributed by atoms with Crippen molar-refractivity contribution in [1.29, 1.82) is 0 Å². The molecule has 0 heterocycles.